The molecule has 92 valence electrons. The number of amides is 1. The van der Waals surface area contributed by atoms with Crippen molar-refractivity contribution in [3.05, 3.63) is 0 Å². The summed E-state index contributed by atoms with van der Waals surface area (Å²) in [6.45, 7) is 5.22. The first kappa shape index (κ1) is 13.0. The van der Waals surface area contributed by atoms with Gasteiger partial charge in [0.25, 0.3) is 0 Å². The minimum absolute atomic E-state index is 0.167. The van der Waals surface area contributed by atoms with Crippen LogP contribution in [-0.4, -0.2) is 61.5 Å². The molecule has 1 aliphatic rings. The van der Waals surface area contributed by atoms with Crippen LogP contribution in [0, 0.1) is 0 Å². The quantitative estimate of drug-likeness (QED) is 0.506. The van der Waals surface area contributed by atoms with Gasteiger partial charge in [-0.3, -0.25) is 9.59 Å². The van der Waals surface area contributed by atoms with Crippen LogP contribution in [0.4, 0.5) is 0 Å². The summed E-state index contributed by atoms with van der Waals surface area (Å²) in [4.78, 5) is 26.3. The molecule has 1 fully saturated rings. The highest BCUT2D eigenvalue weighted by atomic mass is 16.5. The van der Waals surface area contributed by atoms with Crippen LogP contribution in [0.15, 0.2) is 0 Å². The Balaban J connectivity index is 2.12. The second-order valence-corrected chi connectivity index (χ2v) is 4.13. The molecule has 5 nitrogen and oxygen atoms in total. The first-order valence-corrected chi connectivity index (χ1v) is 5.69. The van der Waals surface area contributed by atoms with Gasteiger partial charge in [-0.05, 0) is 13.5 Å². The Bertz CT molecular complexity index is 248. The number of hydrogen-bond donors (Lipinski definition) is 0. The summed E-state index contributed by atoms with van der Waals surface area (Å²) in [6.07, 6.45) is 1.09. The van der Waals surface area contributed by atoms with Crippen LogP contribution in [0.2, 0.25) is 0 Å². The minimum atomic E-state index is -0.285. The number of esters is 1. The number of rotatable bonds is 4. The van der Waals surface area contributed by atoms with Gasteiger partial charge in [0.2, 0.25) is 5.91 Å². The first-order chi connectivity index (χ1) is 7.59. The summed E-state index contributed by atoms with van der Waals surface area (Å²) < 4.78 is 4.78. The summed E-state index contributed by atoms with van der Waals surface area (Å²) >= 11 is 0. The van der Waals surface area contributed by atoms with Crippen LogP contribution in [0.25, 0.3) is 0 Å². The van der Waals surface area contributed by atoms with Crippen molar-refractivity contribution in [3.63, 3.8) is 0 Å². The summed E-state index contributed by atoms with van der Waals surface area (Å²) in [5, 5.41) is 0. The standard InChI is InChI=1S/C11H20N2O3/c1-10(14)16-9-3-4-11(15)13-7-5-12(2)6-8-13/h3-9H2,1-2H3. The molecule has 1 saturated heterocycles. The molecule has 16 heavy (non-hydrogen) atoms. The van der Waals surface area contributed by atoms with Crippen molar-refractivity contribution in [2.75, 3.05) is 39.8 Å². The molecular formula is C11H20N2O3. The molecule has 0 aromatic rings. The Morgan fingerprint density at radius 3 is 2.38 bits per heavy atom. The molecule has 0 spiro atoms. The van der Waals surface area contributed by atoms with Crippen molar-refractivity contribution in [2.24, 2.45) is 0 Å². The van der Waals surface area contributed by atoms with E-state index >= 15 is 0 Å². The van der Waals surface area contributed by atoms with Crippen LogP contribution < -0.4 is 0 Å². The summed E-state index contributed by atoms with van der Waals surface area (Å²) in [5.41, 5.74) is 0. The number of piperazine rings is 1. The zero-order valence-electron chi connectivity index (χ0n) is 10.1. The van der Waals surface area contributed by atoms with Crippen molar-refractivity contribution >= 4 is 11.9 Å². The van der Waals surface area contributed by atoms with Crippen LogP contribution in [-0.2, 0) is 14.3 Å². The number of ether oxygens (including phenoxy) is 1. The van der Waals surface area contributed by atoms with E-state index in [2.05, 4.69) is 11.9 Å². The zero-order valence-corrected chi connectivity index (χ0v) is 10.1. The summed E-state index contributed by atoms with van der Waals surface area (Å²) in [6, 6.07) is 0. The van der Waals surface area contributed by atoms with E-state index in [0.29, 0.717) is 19.4 Å². The lowest BCUT2D eigenvalue weighted by Crippen LogP contribution is -2.47. The predicted octanol–water partition coefficient (Wildman–Crippen LogP) is 0.104. The van der Waals surface area contributed by atoms with E-state index in [-0.39, 0.29) is 11.9 Å². The number of hydrogen-bond acceptors (Lipinski definition) is 4. The van der Waals surface area contributed by atoms with E-state index in [1.54, 1.807) is 0 Å². The second kappa shape index (κ2) is 6.48. The fraction of sp³-hybridized carbons (Fsp3) is 0.818. The van der Waals surface area contributed by atoms with Gasteiger partial charge in [0.1, 0.15) is 0 Å². The molecule has 0 bridgehead atoms. The Hall–Kier alpha value is -1.10. The van der Waals surface area contributed by atoms with Crippen molar-refractivity contribution in [1.29, 1.82) is 0 Å². The third kappa shape index (κ3) is 4.61. The van der Waals surface area contributed by atoms with Crippen molar-refractivity contribution < 1.29 is 14.3 Å². The summed E-state index contributed by atoms with van der Waals surface area (Å²) in [5.74, 6) is -0.118. The molecule has 0 N–H and O–H groups in total. The van der Waals surface area contributed by atoms with E-state index < -0.39 is 0 Å². The lowest BCUT2D eigenvalue weighted by atomic mass is 10.2. The fourth-order valence-electron chi connectivity index (χ4n) is 1.65. The molecule has 1 rings (SSSR count). The third-order valence-electron chi connectivity index (χ3n) is 2.70. The molecule has 5 heteroatoms. The molecule has 0 unspecified atom stereocenters. The Morgan fingerprint density at radius 1 is 1.19 bits per heavy atom. The molecule has 1 aliphatic heterocycles. The van der Waals surface area contributed by atoms with E-state index in [9.17, 15) is 9.59 Å². The maximum Gasteiger partial charge on any atom is 0.302 e. The van der Waals surface area contributed by atoms with Gasteiger partial charge in [-0.2, -0.15) is 0 Å². The molecule has 1 heterocycles. The maximum atomic E-state index is 11.7. The first-order valence-electron chi connectivity index (χ1n) is 5.69. The average Bonchev–Trinajstić information content (AvgIpc) is 2.25. The third-order valence-corrected chi connectivity index (χ3v) is 2.70. The van der Waals surface area contributed by atoms with E-state index in [1.165, 1.54) is 6.92 Å². The van der Waals surface area contributed by atoms with Crippen LogP contribution in [0.1, 0.15) is 19.8 Å². The SMILES string of the molecule is CC(=O)OCCCC(=O)N1CCN(C)CC1. The summed E-state index contributed by atoms with van der Waals surface area (Å²) in [7, 11) is 2.06. The number of nitrogens with zero attached hydrogens (tertiary/aromatic N) is 2. The molecule has 0 saturated carbocycles. The highest BCUT2D eigenvalue weighted by Gasteiger charge is 2.18. The van der Waals surface area contributed by atoms with Crippen molar-refractivity contribution in [2.45, 2.75) is 19.8 Å². The van der Waals surface area contributed by atoms with E-state index in [4.69, 9.17) is 4.74 Å². The Labute approximate surface area is 96.3 Å². The monoisotopic (exact) mass is 228 g/mol. The topological polar surface area (TPSA) is 49.9 Å². The van der Waals surface area contributed by atoms with E-state index in [1.807, 2.05) is 4.90 Å². The van der Waals surface area contributed by atoms with Gasteiger partial charge >= 0.3 is 5.97 Å². The lowest BCUT2D eigenvalue weighted by molar-refractivity contribution is -0.142. The molecular weight excluding hydrogens is 208 g/mol. The molecule has 0 radical (unpaired) electrons. The second-order valence-electron chi connectivity index (χ2n) is 4.13. The van der Waals surface area contributed by atoms with Crippen LogP contribution in [0.3, 0.4) is 0 Å². The predicted molar refractivity (Wildman–Crippen MR) is 59.9 cm³/mol. The van der Waals surface area contributed by atoms with Gasteiger partial charge in [-0.15, -0.1) is 0 Å². The van der Waals surface area contributed by atoms with Gasteiger partial charge < -0.3 is 14.5 Å². The van der Waals surface area contributed by atoms with Gasteiger partial charge in [0.15, 0.2) is 0 Å². The normalized spacial score (nSPS) is 17.2. The smallest absolute Gasteiger partial charge is 0.302 e. The highest BCUT2D eigenvalue weighted by Crippen LogP contribution is 2.03. The van der Waals surface area contributed by atoms with Crippen molar-refractivity contribution in [3.8, 4) is 0 Å². The van der Waals surface area contributed by atoms with Gasteiger partial charge in [-0.1, -0.05) is 0 Å². The maximum absolute atomic E-state index is 11.7. The van der Waals surface area contributed by atoms with Gasteiger partial charge in [0, 0.05) is 39.5 Å². The zero-order chi connectivity index (χ0) is 12.0. The van der Waals surface area contributed by atoms with Crippen molar-refractivity contribution in [1.82, 2.24) is 9.80 Å². The van der Waals surface area contributed by atoms with Gasteiger partial charge in [-0.25, -0.2) is 0 Å². The largest absolute Gasteiger partial charge is 0.466 e. The van der Waals surface area contributed by atoms with Crippen LogP contribution in [0.5, 0.6) is 0 Å². The minimum Gasteiger partial charge on any atom is -0.466 e. The number of likely N-dealkylation sites (N-methyl/N-ethyl adjacent to an activating group) is 1. The van der Waals surface area contributed by atoms with E-state index in [0.717, 1.165) is 26.2 Å². The molecule has 0 aliphatic carbocycles. The lowest BCUT2D eigenvalue weighted by Gasteiger charge is -2.32. The van der Waals surface area contributed by atoms with Gasteiger partial charge in [0.05, 0.1) is 6.61 Å². The Kier molecular flexibility index (Phi) is 5.25. The molecule has 0 atom stereocenters. The number of carbonyl (C=O) groups excluding carboxylic acids is 2. The average molecular weight is 228 g/mol. The molecule has 0 aromatic heterocycles. The molecule has 1 amide bonds. The number of carbonyl (C=O) groups is 2. The molecule has 0 aromatic carbocycles. The highest BCUT2D eigenvalue weighted by molar-refractivity contribution is 5.76. The van der Waals surface area contributed by atoms with Crippen LogP contribution >= 0.6 is 0 Å². The fourth-order valence-corrected chi connectivity index (χ4v) is 1.65. The Morgan fingerprint density at radius 2 is 1.81 bits per heavy atom.